The maximum Gasteiger partial charge on any atom is 0.156 e. The van der Waals surface area contributed by atoms with Crippen molar-refractivity contribution in [2.24, 2.45) is 5.92 Å². The van der Waals surface area contributed by atoms with E-state index < -0.39 is 15.1 Å². The summed E-state index contributed by atoms with van der Waals surface area (Å²) in [4.78, 5) is 11.2. The summed E-state index contributed by atoms with van der Waals surface area (Å²) in [5, 5.41) is -0.815. The highest BCUT2D eigenvalue weighted by molar-refractivity contribution is 7.92. The normalized spacial score (nSPS) is 29.6. The van der Waals surface area contributed by atoms with Crippen molar-refractivity contribution in [3.8, 4) is 0 Å². The van der Waals surface area contributed by atoms with Crippen LogP contribution in [0.4, 0.5) is 0 Å². The van der Waals surface area contributed by atoms with Crippen LogP contribution in [0.2, 0.25) is 0 Å². The zero-order valence-electron chi connectivity index (χ0n) is 8.99. The summed E-state index contributed by atoms with van der Waals surface area (Å²) < 4.78 is 23.8. The zero-order valence-corrected chi connectivity index (χ0v) is 9.80. The molecule has 0 aromatic carbocycles. The fourth-order valence-corrected chi connectivity index (χ4v) is 3.79. The molecule has 0 aliphatic heterocycles. The van der Waals surface area contributed by atoms with Gasteiger partial charge in [-0.15, -0.1) is 0 Å². The average Bonchev–Trinajstić information content (AvgIpc) is 2.08. The van der Waals surface area contributed by atoms with Gasteiger partial charge in [-0.25, -0.2) is 8.42 Å². The molecule has 2 atom stereocenters. The smallest absolute Gasteiger partial charge is 0.156 e. The Morgan fingerprint density at radius 1 is 1.36 bits per heavy atom. The minimum atomic E-state index is -3.10. The second-order valence-corrected chi connectivity index (χ2v) is 7.16. The Bertz CT molecular complexity index is 316. The third kappa shape index (κ3) is 2.16. The Labute approximate surface area is 85.8 Å². The molecule has 0 heterocycles. The van der Waals surface area contributed by atoms with Crippen LogP contribution in [0, 0.1) is 5.92 Å². The first-order chi connectivity index (χ1) is 6.35. The molecule has 0 spiro atoms. The molecule has 0 aromatic rings. The molecule has 0 amide bonds. The molecule has 2 unspecified atom stereocenters. The molecule has 1 rings (SSSR count). The molecule has 1 saturated carbocycles. The third-order valence-electron chi connectivity index (χ3n) is 3.02. The third-order valence-corrected chi connectivity index (χ3v) is 5.81. The van der Waals surface area contributed by atoms with E-state index in [1.807, 2.05) is 6.92 Å². The predicted molar refractivity (Wildman–Crippen MR) is 55.9 cm³/mol. The zero-order chi connectivity index (χ0) is 10.9. The fourth-order valence-electron chi connectivity index (χ4n) is 1.89. The van der Waals surface area contributed by atoms with E-state index in [1.54, 1.807) is 13.8 Å². The summed E-state index contributed by atoms with van der Waals surface area (Å²) in [6.45, 7) is 5.29. The van der Waals surface area contributed by atoms with Gasteiger partial charge in [-0.05, 0) is 26.2 Å². The van der Waals surface area contributed by atoms with Crippen molar-refractivity contribution < 1.29 is 13.2 Å². The lowest BCUT2D eigenvalue weighted by molar-refractivity contribution is -0.120. The molecule has 1 aliphatic rings. The van der Waals surface area contributed by atoms with E-state index in [0.29, 0.717) is 6.42 Å². The largest absolute Gasteiger partial charge is 0.300 e. The van der Waals surface area contributed by atoms with Gasteiger partial charge in [0.15, 0.2) is 9.84 Å². The van der Waals surface area contributed by atoms with Gasteiger partial charge >= 0.3 is 0 Å². The highest BCUT2D eigenvalue weighted by Crippen LogP contribution is 2.29. The molecule has 0 N–H and O–H groups in total. The highest BCUT2D eigenvalue weighted by Gasteiger charge is 2.37. The minimum absolute atomic E-state index is 0.0947. The Kier molecular flexibility index (Phi) is 3.35. The van der Waals surface area contributed by atoms with Crippen LogP contribution < -0.4 is 0 Å². The molecule has 82 valence electrons. The maximum atomic E-state index is 11.9. The summed E-state index contributed by atoms with van der Waals surface area (Å²) in [7, 11) is -3.10. The van der Waals surface area contributed by atoms with Crippen LogP contribution in [0.5, 0.6) is 0 Å². The van der Waals surface area contributed by atoms with E-state index in [9.17, 15) is 13.2 Å². The van der Waals surface area contributed by atoms with Crippen molar-refractivity contribution in [2.45, 2.75) is 50.5 Å². The average molecular weight is 218 g/mol. The fraction of sp³-hybridized carbons (Fsp3) is 0.900. The molecule has 0 aromatic heterocycles. The molecule has 0 bridgehead atoms. The number of hydrogen-bond acceptors (Lipinski definition) is 3. The number of Topliss-reactive ketones (excluding diaryl/α,β-unsaturated/α-hetero) is 1. The lowest BCUT2D eigenvalue weighted by atomic mass is 9.89. The van der Waals surface area contributed by atoms with Gasteiger partial charge in [0.2, 0.25) is 0 Å². The van der Waals surface area contributed by atoms with E-state index in [2.05, 4.69) is 0 Å². The van der Waals surface area contributed by atoms with Gasteiger partial charge in [0.05, 0.1) is 10.5 Å². The summed E-state index contributed by atoms with van der Waals surface area (Å²) in [6.07, 6.45) is 1.49. The van der Waals surface area contributed by atoms with E-state index in [0.717, 1.165) is 6.42 Å². The second-order valence-electron chi connectivity index (χ2n) is 4.43. The number of rotatable bonds is 2. The molecular weight excluding hydrogens is 200 g/mol. The summed E-state index contributed by atoms with van der Waals surface area (Å²) in [5.41, 5.74) is 0. The number of carbonyl (C=O) groups excluding carboxylic acids is 1. The van der Waals surface area contributed by atoms with Crippen LogP contribution >= 0.6 is 0 Å². The Hall–Kier alpha value is -0.380. The predicted octanol–water partition coefficient (Wildman–Crippen LogP) is 1.57. The van der Waals surface area contributed by atoms with Crippen molar-refractivity contribution in [2.75, 3.05) is 0 Å². The van der Waals surface area contributed by atoms with E-state index >= 15 is 0 Å². The molecular formula is C10H18O3S. The summed E-state index contributed by atoms with van der Waals surface area (Å²) >= 11 is 0. The SMILES string of the molecule is CC1CCC(=O)CC1S(=O)(=O)C(C)C. The van der Waals surface area contributed by atoms with Gasteiger partial charge in [0.25, 0.3) is 0 Å². The van der Waals surface area contributed by atoms with Gasteiger partial charge < -0.3 is 0 Å². The Morgan fingerprint density at radius 2 is 1.93 bits per heavy atom. The number of hydrogen-bond donors (Lipinski definition) is 0. The van der Waals surface area contributed by atoms with Crippen LogP contribution in [0.15, 0.2) is 0 Å². The second kappa shape index (κ2) is 4.01. The molecule has 4 heteroatoms. The molecule has 1 fully saturated rings. The summed E-state index contributed by atoms with van der Waals surface area (Å²) in [5.74, 6) is 0.220. The van der Waals surface area contributed by atoms with Gasteiger partial charge in [-0.1, -0.05) is 6.92 Å². The molecule has 0 saturated heterocycles. The number of sulfone groups is 1. The van der Waals surface area contributed by atoms with Crippen molar-refractivity contribution in [3.63, 3.8) is 0 Å². The van der Waals surface area contributed by atoms with Crippen molar-refractivity contribution >= 4 is 15.6 Å². The van der Waals surface area contributed by atoms with Crippen molar-refractivity contribution in [1.82, 2.24) is 0 Å². The first kappa shape index (κ1) is 11.7. The van der Waals surface area contributed by atoms with E-state index in [4.69, 9.17) is 0 Å². The first-order valence-electron chi connectivity index (χ1n) is 5.10. The first-order valence-corrected chi connectivity index (χ1v) is 6.71. The quantitative estimate of drug-likeness (QED) is 0.707. The molecule has 0 radical (unpaired) electrons. The summed E-state index contributed by atoms with van der Waals surface area (Å²) in [6, 6.07) is 0. The van der Waals surface area contributed by atoms with Gasteiger partial charge in [-0.2, -0.15) is 0 Å². The van der Waals surface area contributed by atoms with Gasteiger partial charge in [-0.3, -0.25) is 4.79 Å². The lowest BCUT2D eigenvalue weighted by Gasteiger charge is -2.29. The maximum absolute atomic E-state index is 11.9. The van der Waals surface area contributed by atoms with Crippen molar-refractivity contribution in [1.29, 1.82) is 0 Å². The molecule has 14 heavy (non-hydrogen) atoms. The van der Waals surface area contributed by atoms with E-state index in [1.165, 1.54) is 0 Å². The van der Waals surface area contributed by atoms with Crippen LogP contribution in [-0.2, 0) is 14.6 Å². The Balaban J connectivity index is 2.90. The monoisotopic (exact) mass is 218 g/mol. The van der Waals surface area contributed by atoms with Crippen LogP contribution in [0.3, 0.4) is 0 Å². The van der Waals surface area contributed by atoms with Gasteiger partial charge in [0, 0.05) is 12.8 Å². The minimum Gasteiger partial charge on any atom is -0.300 e. The van der Waals surface area contributed by atoms with Crippen molar-refractivity contribution in [3.05, 3.63) is 0 Å². The van der Waals surface area contributed by atoms with Crippen LogP contribution in [0.25, 0.3) is 0 Å². The van der Waals surface area contributed by atoms with Crippen LogP contribution in [0.1, 0.15) is 40.0 Å². The number of ketones is 1. The number of carbonyl (C=O) groups is 1. The standard InChI is InChI=1S/C10H18O3S/c1-7(2)14(12,13)10-6-9(11)5-4-8(10)3/h7-8,10H,4-6H2,1-3H3. The van der Waals surface area contributed by atoms with Crippen LogP contribution in [-0.4, -0.2) is 24.7 Å². The lowest BCUT2D eigenvalue weighted by Crippen LogP contribution is -2.38. The van der Waals surface area contributed by atoms with Gasteiger partial charge in [0.1, 0.15) is 5.78 Å². The topological polar surface area (TPSA) is 51.2 Å². The Morgan fingerprint density at radius 3 is 2.43 bits per heavy atom. The molecule has 3 nitrogen and oxygen atoms in total. The van der Waals surface area contributed by atoms with E-state index in [-0.39, 0.29) is 23.4 Å². The highest BCUT2D eigenvalue weighted by atomic mass is 32.2. The molecule has 1 aliphatic carbocycles.